The lowest BCUT2D eigenvalue weighted by Crippen LogP contribution is -2.30. The van der Waals surface area contributed by atoms with Crippen LogP contribution in [0.4, 0.5) is 0 Å². The predicted molar refractivity (Wildman–Crippen MR) is 76.0 cm³/mol. The smallest absolute Gasteiger partial charge is 0.165 e. The van der Waals surface area contributed by atoms with Crippen LogP contribution in [0.5, 0.6) is 0 Å². The molecule has 16 heavy (non-hydrogen) atoms. The van der Waals surface area contributed by atoms with Gasteiger partial charge in [-0.1, -0.05) is 29.8 Å². The first kappa shape index (κ1) is 13.5. The number of hydrogen-bond donors (Lipinski definition) is 0. The van der Waals surface area contributed by atoms with Gasteiger partial charge in [0.1, 0.15) is 8.87 Å². The zero-order valence-electron chi connectivity index (χ0n) is 9.30. The fourth-order valence-electron chi connectivity index (χ4n) is 2.06. The Balaban J connectivity index is 2.07. The largest absolute Gasteiger partial charge is 0.284 e. The topological polar surface area (TPSA) is 37.4 Å². The molecule has 0 aromatic rings. The molecular weight excluding hydrogens is 330 g/mol. The van der Waals surface area contributed by atoms with Crippen LogP contribution in [-0.2, 0) is 9.84 Å². The summed E-state index contributed by atoms with van der Waals surface area (Å²) in [5.41, 5.74) is 0. The number of nitrogens with zero attached hydrogens (tertiary/aromatic N) is 1. The molecule has 0 aromatic carbocycles. The molecule has 0 saturated carbocycles. The minimum Gasteiger partial charge on any atom is -0.284 e. The molecule has 3 nitrogen and oxygen atoms in total. The third kappa shape index (κ3) is 2.30. The molecule has 0 bridgehead atoms. The van der Waals surface area contributed by atoms with E-state index in [1.165, 1.54) is 0 Å². The molecule has 94 valence electrons. The number of alkyl halides is 1. The molecule has 0 spiro atoms. The number of sulfone groups is 1. The monoisotopic (exact) mass is 345 g/mol. The summed E-state index contributed by atoms with van der Waals surface area (Å²) in [6.07, 6.45) is 0. The zero-order valence-corrected chi connectivity index (χ0v) is 13.3. The van der Waals surface area contributed by atoms with E-state index in [1.54, 1.807) is 0 Å². The van der Waals surface area contributed by atoms with E-state index in [0.29, 0.717) is 10.5 Å². The highest BCUT2D eigenvalue weighted by molar-refractivity contribution is 9.11. The van der Waals surface area contributed by atoms with Crippen molar-refractivity contribution in [3.8, 4) is 0 Å². The van der Waals surface area contributed by atoms with Gasteiger partial charge in [0.15, 0.2) is 9.84 Å². The molecule has 0 amide bonds. The third-order valence-corrected chi connectivity index (χ3v) is 11.5. The van der Waals surface area contributed by atoms with Crippen LogP contribution in [0.15, 0.2) is 0 Å². The Kier molecular flexibility index (Phi) is 4.22. The summed E-state index contributed by atoms with van der Waals surface area (Å²) in [5, 5.41) is 0.491. The Labute approximate surface area is 114 Å². The van der Waals surface area contributed by atoms with Gasteiger partial charge in [-0.2, -0.15) is 0 Å². The maximum atomic E-state index is 11.7. The highest BCUT2D eigenvalue weighted by Gasteiger charge is 2.52. The Morgan fingerprint density at radius 3 is 2.44 bits per heavy atom. The molecule has 0 N–H and O–H groups in total. The van der Waals surface area contributed by atoms with Crippen LogP contribution >= 0.6 is 39.5 Å². The molecule has 2 saturated heterocycles. The van der Waals surface area contributed by atoms with Gasteiger partial charge >= 0.3 is 0 Å². The molecule has 2 aliphatic heterocycles. The minimum atomic E-state index is -2.89. The average Bonchev–Trinajstić information content (AvgIpc) is 2.69. The second kappa shape index (κ2) is 4.99. The van der Waals surface area contributed by atoms with E-state index < -0.39 is 9.84 Å². The van der Waals surface area contributed by atoms with Crippen LogP contribution in [0.2, 0.25) is 0 Å². The molecule has 2 fully saturated rings. The van der Waals surface area contributed by atoms with Crippen molar-refractivity contribution >= 4 is 49.3 Å². The number of thioether (sulfide) groups is 2. The highest BCUT2D eigenvalue weighted by Crippen LogP contribution is 2.52. The molecular formula is C9H16BrNO2S3. The zero-order chi connectivity index (χ0) is 11.9. The van der Waals surface area contributed by atoms with Crippen LogP contribution < -0.4 is 0 Å². The summed E-state index contributed by atoms with van der Waals surface area (Å²) in [6, 6.07) is 0. The summed E-state index contributed by atoms with van der Waals surface area (Å²) >= 11 is 6.98. The lowest BCUT2D eigenvalue weighted by atomic mass is 10.4. The molecule has 2 heterocycles. The van der Waals surface area contributed by atoms with E-state index in [2.05, 4.69) is 34.7 Å². The molecule has 2 aliphatic rings. The van der Waals surface area contributed by atoms with Crippen LogP contribution in [0.3, 0.4) is 0 Å². The van der Waals surface area contributed by atoms with Gasteiger partial charge in [-0.15, -0.1) is 23.5 Å². The molecule has 7 heteroatoms. The van der Waals surface area contributed by atoms with Gasteiger partial charge in [-0.3, -0.25) is 4.90 Å². The summed E-state index contributed by atoms with van der Waals surface area (Å²) in [4.78, 5) is 2.39. The number of fused-ring (bicyclic) bond motifs is 1. The number of hydrogen-bond acceptors (Lipinski definition) is 5. The second-order valence-electron chi connectivity index (χ2n) is 3.98. The van der Waals surface area contributed by atoms with Gasteiger partial charge in [0, 0.05) is 10.5 Å². The third-order valence-electron chi connectivity index (χ3n) is 3.04. The molecule has 0 aromatic heterocycles. The van der Waals surface area contributed by atoms with Crippen molar-refractivity contribution in [3.05, 3.63) is 0 Å². The van der Waals surface area contributed by atoms with Crippen molar-refractivity contribution in [1.82, 2.24) is 4.90 Å². The first-order valence-electron chi connectivity index (χ1n) is 5.40. The number of halogens is 1. The van der Waals surface area contributed by atoms with E-state index in [1.807, 2.05) is 23.5 Å². The van der Waals surface area contributed by atoms with Gasteiger partial charge in [-0.05, 0) is 13.1 Å². The lowest BCUT2D eigenvalue weighted by Gasteiger charge is -2.25. The van der Waals surface area contributed by atoms with Gasteiger partial charge in [0.25, 0.3) is 0 Å². The van der Waals surface area contributed by atoms with E-state index in [-0.39, 0.29) is 14.7 Å². The first-order valence-corrected chi connectivity index (χ1v) is 9.92. The number of rotatable bonds is 3. The summed E-state index contributed by atoms with van der Waals surface area (Å²) in [5.74, 6) is 0.336. The van der Waals surface area contributed by atoms with Crippen LogP contribution in [0.25, 0.3) is 0 Å². The summed E-state index contributed by atoms with van der Waals surface area (Å²) < 4.78 is 23.5. The highest BCUT2D eigenvalue weighted by atomic mass is 79.9. The van der Waals surface area contributed by atoms with Crippen molar-refractivity contribution < 1.29 is 8.42 Å². The van der Waals surface area contributed by atoms with Crippen molar-refractivity contribution in [3.63, 3.8) is 0 Å². The predicted octanol–water partition coefficient (Wildman–Crippen LogP) is 1.98. The van der Waals surface area contributed by atoms with Crippen molar-refractivity contribution in [2.75, 3.05) is 18.8 Å². The quantitative estimate of drug-likeness (QED) is 0.731. The summed E-state index contributed by atoms with van der Waals surface area (Å²) in [7, 11) is -2.89. The van der Waals surface area contributed by atoms with E-state index >= 15 is 0 Å². The Bertz CT molecular complexity index is 358. The molecule has 0 radical (unpaired) electrons. The maximum Gasteiger partial charge on any atom is 0.165 e. The molecule has 0 aliphatic carbocycles. The lowest BCUT2D eigenvalue weighted by molar-refractivity contribution is 0.340. The standard InChI is InChI=1S/C9H16BrNO2S3/c1-3-11(4-2)9-14-6-5-16(12,13)8(10)7(6)15-9/h6-9H,3-5H2,1-2H3/t6-,7+,8+,9+/m0/s1. The van der Waals surface area contributed by atoms with Crippen LogP contribution in [0.1, 0.15) is 13.8 Å². The van der Waals surface area contributed by atoms with Gasteiger partial charge in [0.2, 0.25) is 0 Å². The van der Waals surface area contributed by atoms with E-state index in [9.17, 15) is 8.42 Å². The Morgan fingerprint density at radius 1 is 1.31 bits per heavy atom. The van der Waals surface area contributed by atoms with E-state index in [4.69, 9.17) is 0 Å². The second-order valence-corrected chi connectivity index (χ2v) is 10.6. The van der Waals surface area contributed by atoms with Crippen molar-refractivity contribution in [1.29, 1.82) is 0 Å². The minimum absolute atomic E-state index is 0.223. The van der Waals surface area contributed by atoms with E-state index in [0.717, 1.165) is 13.1 Å². The average molecular weight is 346 g/mol. The molecule has 2 rings (SSSR count). The summed E-state index contributed by atoms with van der Waals surface area (Å²) in [6.45, 7) is 6.36. The van der Waals surface area contributed by atoms with Gasteiger partial charge < -0.3 is 0 Å². The maximum absolute atomic E-state index is 11.7. The molecule has 0 unspecified atom stereocenters. The fourth-order valence-corrected chi connectivity index (χ4v) is 10.4. The SMILES string of the molecule is CCN(CC)[C@H]1S[C@@H]2[C@H](CS(=O)(=O)[C@H]2Br)S1. The van der Waals surface area contributed by atoms with Gasteiger partial charge in [-0.25, -0.2) is 8.42 Å². The fraction of sp³-hybridized carbons (Fsp3) is 1.00. The van der Waals surface area contributed by atoms with Crippen LogP contribution in [0, 0.1) is 0 Å². The van der Waals surface area contributed by atoms with Crippen LogP contribution in [-0.4, -0.2) is 51.5 Å². The van der Waals surface area contributed by atoms with Crippen molar-refractivity contribution in [2.45, 2.75) is 33.2 Å². The molecule has 4 atom stereocenters. The first-order chi connectivity index (χ1) is 7.49. The van der Waals surface area contributed by atoms with Crippen molar-refractivity contribution in [2.24, 2.45) is 0 Å². The van der Waals surface area contributed by atoms with Gasteiger partial charge in [0.05, 0.1) is 5.75 Å². The normalized spacial score (nSPS) is 41.5. The Morgan fingerprint density at radius 2 is 1.94 bits per heavy atom. The Hall–Kier alpha value is 1.09.